The molecule has 3 nitrogen and oxygen atoms in total. The summed E-state index contributed by atoms with van der Waals surface area (Å²) in [7, 11) is 0. The Bertz CT molecular complexity index is 644. The van der Waals surface area contributed by atoms with E-state index in [1.54, 1.807) is 12.1 Å². The van der Waals surface area contributed by atoms with Crippen molar-refractivity contribution in [1.82, 2.24) is 9.97 Å². The molecule has 0 unspecified atom stereocenters. The van der Waals surface area contributed by atoms with E-state index in [9.17, 15) is 13.2 Å². The van der Waals surface area contributed by atoms with E-state index < -0.39 is 12.0 Å². The lowest BCUT2D eigenvalue weighted by atomic mass is 10.0. The first-order valence-corrected chi connectivity index (χ1v) is 6.53. The highest BCUT2D eigenvalue weighted by molar-refractivity contribution is 6.29. The third-order valence-corrected chi connectivity index (χ3v) is 2.87. The van der Waals surface area contributed by atoms with Crippen molar-refractivity contribution in [3.63, 3.8) is 0 Å². The first kappa shape index (κ1) is 15.6. The fourth-order valence-corrected chi connectivity index (χ4v) is 1.91. The van der Waals surface area contributed by atoms with Crippen LogP contribution in [0.1, 0.15) is 31.2 Å². The number of aromatic nitrogens is 2. The van der Waals surface area contributed by atoms with Gasteiger partial charge < -0.3 is 4.74 Å². The van der Waals surface area contributed by atoms with Gasteiger partial charge in [0, 0.05) is 6.07 Å². The molecule has 0 amide bonds. The van der Waals surface area contributed by atoms with Crippen LogP contribution in [-0.4, -0.2) is 9.97 Å². The van der Waals surface area contributed by atoms with Gasteiger partial charge in [0.2, 0.25) is 11.7 Å². The molecule has 0 aliphatic carbocycles. The largest absolute Gasteiger partial charge is 0.451 e. The Labute approximate surface area is 124 Å². The summed E-state index contributed by atoms with van der Waals surface area (Å²) < 4.78 is 43.4. The molecule has 1 heterocycles. The standard InChI is InChI=1S/C14H12ClF3N2O/c1-8(2)9-5-3-4-6-10(9)21-12-7-11(15)19-13(20-12)14(16,17)18/h3-8H,1-2H3. The van der Waals surface area contributed by atoms with Crippen LogP contribution >= 0.6 is 11.6 Å². The maximum Gasteiger partial charge on any atom is 0.451 e. The summed E-state index contributed by atoms with van der Waals surface area (Å²) in [5.74, 6) is -0.974. The average molecular weight is 317 g/mol. The fraction of sp³-hybridized carbons (Fsp3) is 0.286. The van der Waals surface area contributed by atoms with Crippen molar-refractivity contribution in [3.05, 3.63) is 46.9 Å². The van der Waals surface area contributed by atoms with Gasteiger partial charge in [-0.3, -0.25) is 0 Å². The van der Waals surface area contributed by atoms with Crippen LogP contribution in [0.2, 0.25) is 5.15 Å². The number of halogens is 4. The van der Waals surface area contributed by atoms with Gasteiger partial charge in [0.25, 0.3) is 0 Å². The highest BCUT2D eigenvalue weighted by Gasteiger charge is 2.35. The van der Waals surface area contributed by atoms with Crippen molar-refractivity contribution < 1.29 is 17.9 Å². The number of nitrogens with zero attached hydrogens (tertiary/aromatic N) is 2. The second kappa shape index (κ2) is 5.89. The molecule has 0 aliphatic rings. The molecule has 2 aromatic rings. The van der Waals surface area contributed by atoms with Crippen molar-refractivity contribution in [2.45, 2.75) is 25.9 Å². The molecule has 0 spiro atoms. The number of hydrogen-bond acceptors (Lipinski definition) is 3. The summed E-state index contributed by atoms with van der Waals surface area (Å²) in [6, 6.07) is 8.21. The lowest BCUT2D eigenvalue weighted by Crippen LogP contribution is -2.11. The monoisotopic (exact) mass is 316 g/mol. The summed E-state index contributed by atoms with van der Waals surface area (Å²) in [6.45, 7) is 3.91. The van der Waals surface area contributed by atoms with E-state index in [-0.39, 0.29) is 17.0 Å². The molecule has 0 N–H and O–H groups in total. The van der Waals surface area contributed by atoms with E-state index in [1.807, 2.05) is 26.0 Å². The van der Waals surface area contributed by atoms with Gasteiger partial charge >= 0.3 is 6.18 Å². The van der Waals surface area contributed by atoms with Gasteiger partial charge in [0.1, 0.15) is 10.9 Å². The Morgan fingerprint density at radius 3 is 2.43 bits per heavy atom. The third kappa shape index (κ3) is 3.85. The smallest absolute Gasteiger partial charge is 0.439 e. The minimum absolute atomic E-state index is 0.153. The van der Waals surface area contributed by atoms with Crippen LogP contribution in [0.4, 0.5) is 13.2 Å². The molecule has 0 saturated carbocycles. The van der Waals surface area contributed by atoms with Crippen molar-refractivity contribution >= 4 is 11.6 Å². The quantitative estimate of drug-likeness (QED) is 0.742. The molecule has 0 saturated heterocycles. The second-order valence-electron chi connectivity index (χ2n) is 4.64. The molecular weight excluding hydrogens is 305 g/mol. The lowest BCUT2D eigenvalue weighted by molar-refractivity contribution is -0.145. The summed E-state index contributed by atoms with van der Waals surface area (Å²) in [4.78, 5) is 6.51. The van der Waals surface area contributed by atoms with Gasteiger partial charge in [-0.15, -0.1) is 0 Å². The average Bonchev–Trinajstić information content (AvgIpc) is 2.37. The Morgan fingerprint density at radius 2 is 1.81 bits per heavy atom. The Morgan fingerprint density at radius 1 is 1.14 bits per heavy atom. The number of para-hydroxylation sites is 1. The maximum absolute atomic E-state index is 12.7. The summed E-state index contributed by atoms with van der Waals surface area (Å²) in [5.41, 5.74) is 0.862. The number of benzene rings is 1. The van der Waals surface area contributed by atoms with Gasteiger partial charge in [-0.25, -0.2) is 4.98 Å². The molecule has 0 fully saturated rings. The van der Waals surface area contributed by atoms with Crippen LogP contribution in [0.5, 0.6) is 11.6 Å². The van der Waals surface area contributed by atoms with Crippen LogP contribution in [0, 0.1) is 0 Å². The predicted octanol–water partition coefficient (Wildman–Crippen LogP) is 5.06. The van der Waals surface area contributed by atoms with Gasteiger partial charge in [-0.1, -0.05) is 43.6 Å². The number of alkyl halides is 3. The van der Waals surface area contributed by atoms with Gasteiger partial charge in [-0.2, -0.15) is 18.2 Å². The first-order chi connectivity index (χ1) is 9.77. The van der Waals surface area contributed by atoms with Crippen LogP contribution < -0.4 is 4.74 Å². The topological polar surface area (TPSA) is 35.0 Å². The van der Waals surface area contributed by atoms with E-state index in [0.717, 1.165) is 11.6 Å². The highest BCUT2D eigenvalue weighted by atomic mass is 35.5. The zero-order valence-corrected chi connectivity index (χ0v) is 12.0. The highest BCUT2D eigenvalue weighted by Crippen LogP contribution is 2.33. The van der Waals surface area contributed by atoms with Crippen LogP contribution in [0.15, 0.2) is 30.3 Å². The SMILES string of the molecule is CC(C)c1ccccc1Oc1cc(Cl)nc(C(F)(F)F)n1. The molecule has 1 aromatic carbocycles. The molecule has 2 rings (SSSR count). The summed E-state index contributed by atoms with van der Waals surface area (Å²) in [6.07, 6.45) is -4.68. The van der Waals surface area contributed by atoms with Crippen LogP contribution in [0.3, 0.4) is 0 Å². The molecular formula is C14H12ClF3N2O. The summed E-state index contributed by atoms with van der Waals surface area (Å²) in [5, 5.41) is -0.325. The Kier molecular flexibility index (Phi) is 4.37. The number of rotatable bonds is 3. The van der Waals surface area contributed by atoms with E-state index in [1.165, 1.54) is 0 Å². The molecule has 21 heavy (non-hydrogen) atoms. The van der Waals surface area contributed by atoms with Crippen molar-refractivity contribution in [1.29, 1.82) is 0 Å². The van der Waals surface area contributed by atoms with Crippen LogP contribution in [-0.2, 0) is 6.18 Å². The van der Waals surface area contributed by atoms with E-state index >= 15 is 0 Å². The lowest BCUT2D eigenvalue weighted by Gasteiger charge is -2.14. The number of ether oxygens (including phenoxy) is 1. The van der Waals surface area contributed by atoms with E-state index in [4.69, 9.17) is 16.3 Å². The van der Waals surface area contributed by atoms with Gasteiger partial charge in [-0.05, 0) is 17.5 Å². The van der Waals surface area contributed by atoms with Gasteiger partial charge in [0.15, 0.2) is 0 Å². The molecule has 0 bridgehead atoms. The Balaban J connectivity index is 2.39. The Hall–Kier alpha value is -1.82. The zero-order chi connectivity index (χ0) is 15.6. The fourth-order valence-electron chi connectivity index (χ4n) is 1.74. The molecule has 0 radical (unpaired) electrons. The van der Waals surface area contributed by atoms with E-state index in [2.05, 4.69) is 9.97 Å². The normalized spacial score (nSPS) is 11.8. The molecule has 1 aromatic heterocycles. The molecule has 0 atom stereocenters. The first-order valence-electron chi connectivity index (χ1n) is 6.16. The third-order valence-electron chi connectivity index (χ3n) is 2.68. The minimum atomic E-state index is -4.68. The minimum Gasteiger partial charge on any atom is -0.439 e. The predicted molar refractivity (Wildman–Crippen MR) is 72.6 cm³/mol. The van der Waals surface area contributed by atoms with E-state index in [0.29, 0.717) is 5.75 Å². The summed E-state index contributed by atoms with van der Waals surface area (Å²) >= 11 is 5.59. The molecule has 0 aliphatic heterocycles. The molecule has 112 valence electrons. The molecule has 7 heteroatoms. The van der Waals surface area contributed by atoms with Crippen molar-refractivity contribution in [3.8, 4) is 11.6 Å². The van der Waals surface area contributed by atoms with Crippen molar-refractivity contribution in [2.75, 3.05) is 0 Å². The number of hydrogen-bond donors (Lipinski definition) is 0. The second-order valence-corrected chi connectivity index (χ2v) is 5.03. The van der Waals surface area contributed by atoms with Crippen molar-refractivity contribution in [2.24, 2.45) is 0 Å². The van der Waals surface area contributed by atoms with Crippen LogP contribution in [0.25, 0.3) is 0 Å². The zero-order valence-electron chi connectivity index (χ0n) is 11.3. The van der Waals surface area contributed by atoms with Gasteiger partial charge in [0.05, 0.1) is 0 Å². The maximum atomic E-state index is 12.7.